The van der Waals surface area contributed by atoms with Gasteiger partial charge in [0.05, 0.1) is 0 Å². The first kappa shape index (κ1) is 13.7. The van der Waals surface area contributed by atoms with Gasteiger partial charge in [0.2, 0.25) is 0 Å². The van der Waals surface area contributed by atoms with Crippen LogP contribution >= 0.6 is 0 Å². The van der Waals surface area contributed by atoms with Crippen LogP contribution in [0.25, 0.3) is 11.1 Å². The Bertz CT molecular complexity index is 604. The largest absolute Gasteiger partial charge is 0.398 e. The van der Waals surface area contributed by atoms with Crippen LogP contribution in [0.15, 0.2) is 36.4 Å². The zero-order valence-electron chi connectivity index (χ0n) is 12.5. The SMILES string of the molecule is Cc1cc(-c2cc(C)ccc2N)cc(C(C)(C)C)c1. The summed E-state index contributed by atoms with van der Waals surface area (Å²) in [6.07, 6.45) is 0. The number of aryl methyl sites for hydroxylation is 2. The van der Waals surface area contributed by atoms with Crippen LogP contribution in [0.4, 0.5) is 5.69 Å². The molecule has 2 rings (SSSR count). The monoisotopic (exact) mass is 253 g/mol. The van der Waals surface area contributed by atoms with Gasteiger partial charge >= 0.3 is 0 Å². The van der Waals surface area contributed by atoms with Crippen LogP contribution in [0, 0.1) is 13.8 Å². The van der Waals surface area contributed by atoms with Crippen LogP contribution in [0.2, 0.25) is 0 Å². The number of nitrogen functional groups attached to an aromatic ring is 1. The Labute approximate surface area is 116 Å². The number of rotatable bonds is 1. The van der Waals surface area contributed by atoms with Crippen molar-refractivity contribution < 1.29 is 0 Å². The maximum absolute atomic E-state index is 6.13. The summed E-state index contributed by atoms with van der Waals surface area (Å²) in [5.74, 6) is 0. The van der Waals surface area contributed by atoms with E-state index in [4.69, 9.17) is 5.73 Å². The van der Waals surface area contributed by atoms with E-state index < -0.39 is 0 Å². The molecule has 0 aliphatic carbocycles. The fraction of sp³-hybridized carbons (Fsp3) is 0.333. The summed E-state index contributed by atoms with van der Waals surface area (Å²) < 4.78 is 0. The van der Waals surface area contributed by atoms with Crippen molar-refractivity contribution in [2.75, 3.05) is 5.73 Å². The highest BCUT2D eigenvalue weighted by Crippen LogP contribution is 2.32. The van der Waals surface area contributed by atoms with Crippen LogP contribution in [0.3, 0.4) is 0 Å². The van der Waals surface area contributed by atoms with E-state index in [2.05, 4.69) is 65.0 Å². The van der Waals surface area contributed by atoms with Crippen LogP contribution in [0.1, 0.15) is 37.5 Å². The van der Waals surface area contributed by atoms with E-state index in [0.29, 0.717) is 0 Å². The molecule has 2 N–H and O–H groups in total. The first-order valence-corrected chi connectivity index (χ1v) is 6.76. The summed E-state index contributed by atoms with van der Waals surface area (Å²) in [4.78, 5) is 0. The molecule has 0 radical (unpaired) electrons. The molecule has 19 heavy (non-hydrogen) atoms. The lowest BCUT2D eigenvalue weighted by Gasteiger charge is -2.21. The average molecular weight is 253 g/mol. The van der Waals surface area contributed by atoms with Crippen molar-refractivity contribution in [1.29, 1.82) is 0 Å². The van der Waals surface area contributed by atoms with E-state index in [1.54, 1.807) is 0 Å². The number of hydrogen-bond acceptors (Lipinski definition) is 1. The Morgan fingerprint density at radius 1 is 0.842 bits per heavy atom. The molecular formula is C18H23N. The maximum Gasteiger partial charge on any atom is 0.0393 e. The smallest absolute Gasteiger partial charge is 0.0393 e. The van der Waals surface area contributed by atoms with Crippen LogP contribution in [-0.2, 0) is 5.41 Å². The van der Waals surface area contributed by atoms with E-state index in [1.807, 2.05) is 6.07 Å². The third-order valence-corrected chi connectivity index (χ3v) is 3.46. The minimum absolute atomic E-state index is 0.152. The van der Waals surface area contributed by atoms with E-state index in [9.17, 15) is 0 Å². The quantitative estimate of drug-likeness (QED) is 0.722. The molecule has 0 aliphatic heterocycles. The molecule has 0 spiro atoms. The Balaban J connectivity index is 2.63. The molecule has 0 aliphatic rings. The summed E-state index contributed by atoms with van der Waals surface area (Å²) in [5.41, 5.74) is 13.3. The number of hydrogen-bond donors (Lipinski definition) is 1. The molecule has 0 saturated heterocycles. The summed E-state index contributed by atoms with van der Waals surface area (Å²) in [5, 5.41) is 0. The Morgan fingerprint density at radius 3 is 2.16 bits per heavy atom. The first-order chi connectivity index (χ1) is 8.77. The zero-order valence-corrected chi connectivity index (χ0v) is 12.5. The van der Waals surface area contributed by atoms with Crippen molar-refractivity contribution in [2.24, 2.45) is 0 Å². The van der Waals surface area contributed by atoms with Gasteiger partial charge < -0.3 is 5.73 Å². The second kappa shape index (κ2) is 4.73. The Morgan fingerprint density at radius 2 is 1.53 bits per heavy atom. The molecule has 2 aromatic carbocycles. The predicted octanol–water partition coefficient (Wildman–Crippen LogP) is 4.85. The summed E-state index contributed by atoms with van der Waals surface area (Å²) in [7, 11) is 0. The van der Waals surface area contributed by atoms with Gasteiger partial charge in [-0.1, -0.05) is 56.2 Å². The molecule has 0 aromatic heterocycles. The van der Waals surface area contributed by atoms with E-state index in [1.165, 1.54) is 22.3 Å². The van der Waals surface area contributed by atoms with Gasteiger partial charge in [-0.25, -0.2) is 0 Å². The third kappa shape index (κ3) is 2.98. The summed E-state index contributed by atoms with van der Waals surface area (Å²) >= 11 is 0. The second-order valence-electron chi connectivity index (χ2n) is 6.43. The molecule has 1 nitrogen and oxygen atoms in total. The van der Waals surface area contributed by atoms with Crippen molar-refractivity contribution in [3.8, 4) is 11.1 Å². The third-order valence-electron chi connectivity index (χ3n) is 3.46. The molecule has 0 unspecified atom stereocenters. The van der Waals surface area contributed by atoms with E-state index in [-0.39, 0.29) is 5.41 Å². The van der Waals surface area contributed by atoms with Crippen molar-refractivity contribution >= 4 is 5.69 Å². The van der Waals surface area contributed by atoms with Crippen molar-refractivity contribution in [1.82, 2.24) is 0 Å². The molecule has 0 fully saturated rings. The van der Waals surface area contributed by atoms with Crippen molar-refractivity contribution in [2.45, 2.75) is 40.0 Å². The second-order valence-corrected chi connectivity index (χ2v) is 6.43. The summed E-state index contributed by atoms with van der Waals surface area (Å²) in [6, 6.07) is 12.9. The number of nitrogens with two attached hydrogens (primary N) is 1. The zero-order chi connectivity index (χ0) is 14.2. The Hall–Kier alpha value is -1.76. The van der Waals surface area contributed by atoms with Crippen LogP contribution < -0.4 is 5.73 Å². The average Bonchev–Trinajstić information content (AvgIpc) is 2.30. The van der Waals surface area contributed by atoms with Crippen LogP contribution in [0.5, 0.6) is 0 Å². The summed E-state index contributed by atoms with van der Waals surface area (Å²) in [6.45, 7) is 11.0. The van der Waals surface area contributed by atoms with Gasteiger partial charge in [-0.3, -0.25) is 0 Å². The molecular weight excluding hydrogens is 230 g/mol. The lowest BCUT2D eigenvalue weighted by molar-refractivity contribution is 0.590. The van der Waals surface area contributed by atoms with Gasteiger partial charge in [0.25, 0.3) is 0 Å². The maximum atomic E-state index is 6.13. The topological polar surface area (TPSA) is 26.0 Å². The van der Waals surface area contributed by atoms with Gasteiger partial charge in [0.1, 0.15) is 0 Å². The fourth-order valence-corrected chi connectivity index (χ4v) is 2.29. The minimum Gasteiger partial charge on any atom is -0.398 e. The highest BCUT2D eigenvalue weighted by molar-refractivity contribution is 5.77. The molecule has 1 heteroatoms. The lowest BCUT2D eigenvalue weighted by Crippen LogP contribution is -2.11. The van der Waals surface area contributed by atoms with Gasteiger partial charge in [-0.05, 0) is 42.5 Å². The van der Waals surface area contributed by atoms with Crippen molar-refractivity contribution in [3.63, 3.8) is 0 Å². The van der Waals surface area contributed by atoms with Gasteiger partial charge in [0.15, 0.2) is 0 Å². The first-order valence-electron chi connectivity index (χ1n) is 6.76. The standard InChI is InChI=1S/C18H23N/c1-12-6-7-17(19)16(10-12)14-8-13(2)9-15(11-14)18(3,4)5/h6-11H,19H2,1-5H3. The van der Waals surface area contributed by atoms with Crippen molar-refractivity contribution in [3.05, 3.63) is 53.1 Å². The van der Waals surface area contributed by atoms with Gasteiger partial charge in [-0.2, -0.15) is 0 Å². The number of benzene rings is 2. The van der Waals surface area contributed by atoms with Crippen LogP contribution in [-0.4, -0.2) is 0 Å². The predicted molar refractivity (Wildman–Crippen MR) is 84.5 cm³/mol. The number of anilines is 1. The van der Waals surface area contributed by atoms with E-state index >= 15 is 0 Å². The molecule has 0 atom stereocenters. The highest BCUT2D eigenvalue weighted by atomic mass is 14.6. The lowest BCUT2D eigenvalue weighted by atomic mass is 9.84. The fourth-order valence-electron chi connectivity index (χ4n) is 2.29. The van der Waals surface area contributed by atoms with Gasteiger partial charge in [-0.15, -0.1) is 0 Å². The van der Waals surface area contributed by atoms with E-state index in [0.717, 1.165) is 11.3 Å². The highest BCUT2D eigenvalue weighted by Gasteiger charge is 2.15. The minimum atomic E-state index is 0.152. The molecule has 0 bridgehead atoms. The Kier molecular flexibility index (Phi) is 3.40. The van der Waals surface area contributed by atoms with Gasteiger partial charge in [0, 0.05) is 11.3 Å². The molecule has 0 amide bonds. The molecule has 100 valence electrons. The normalized spacial score (nSPS) is 11.6. The molecule has 0 saturated carbocycles. The molecule has 0 heterocycles. The molecule has 2 aromatic rings.